The van der Waals surface area contributed by atoms with Crippen LogP contribution in [0.1, 0.15) is 21.5 Å². The standard InChI is InChI=1S/C24H26N2O4/c1-26(15-18-6-9-21-13-22(29-2)11-10-20(21)12-18)16-23(27)25-14-17-4-7-19(8-5-17)24(28)30-3/h4-13H,14-16H2,1-3H3,(H,25,27). The first-order chi connectivity index (χ1) is 14.5. The van der Waals surface area contributed by atoms with E-state index in [1.807, 2.05) is 30.1 Å². The first kappa shape index (κ1) is 21.3. The lowest BCUT2D eigenvalue weighted by Crippen LogP contribution is -2.34. The first-order valence-electron chi connectivity index (χ1n) is 9.67. The van der Waals surface area contributed by atoms with Gasteiger partial charge in [0.25, 0.3) is 0 Å². The predicted molar refractivity (Wildman–Crippen MR) is 116 cm³/mol. The molecule has 0 saturated heterocycles. The summed E-state index contributed by atoms with van der Waals surface area (Å²) in [5, 5.41) is 5.17. The summed E-state index contributed by atoms with van der Waals surface area (Å²) in [5.74, 6) is 0.407. The summed E-state index contributed by atoms with van der Waals surface area (Å²) >= 11 is 0. The van der Waals surface area contributed by atoms with Crippen LogP contribution in [0.4, 0.5) is 0 Å². The smallest absolute Gasteiger partial charge is 0.337 e. The molecule has 0 aliphatic heterocycles. The maximum atomic E-state index is 12.3. The fourth-order valence-electron chi connectivity index (χ4n) is 3.24. The first-order valence-corrected chi connectivity index (χ1v) is 9.67. The lowest BCUT2D eigenvalue weighted by Gasteiger charge is -2.17. The highest BCUT2D eigenvalue weighted by Crippen LogP contribution is 2.22. The molecule has 30 heavy (non-hydrogen) atoms. The Morgan fingerprint density at radius 1 is 0.900 bits per heavy atom. The molecule has 3 rings (SSSR count). The molecule has 6 nitrogen and oxygen atoms in total. The molecule has 156 valence electrons. The minimum absolute atomic E-state index is 0.0555. The van der Waals surface area contributed by atoms with E-state index in [9.17, 15) is 9.59 Å². The van der Waals surface area contributed by atoms with Crippen LogP contribution >= 0.6 is 0 Å². The summed E-state index contributed by atoms with van der Waals surface area (Å²) in [6.07, 6.45) is 0. The third-order valence-corrected chi connectivity index (χ3v) is 4.84. The molecule has 0 heterocycles. The molecule has 6 heteroatoms. The van der Waals surface area contributed by atoms with Crippen LogP contribution in [0, 0.1) is 0 Å². The number of hydrogen-bond donors (Lipinski definition) is 1. The van der Waals surface area contributed by atoms with E-state index < -0.39 is 0 Å². The van der Waals surface area contributed by atoms with Crippen LogP contribution in [0.2, 0.25) is 0 Å². The Bertz CT molecular complexity index is 1030. The molecule has 0 spiro atoms. The average molecular weight is 406 g/mol. The van der Waals surface area contributed by atoms with E-state index >= 15 is 0 Å². The number of nitrogens with zero attached hydrogens (tertiary/aromatic N) is 1. The zero-order chi connectivity index (χ0) is 21.5. The molecule has 3 aromatic rings. The number of carbonyl (C=O) groups excluding carboxylic acids is 2. The lowest BCUT2D eigenvalue weighted by molar-refractivity contribution is -0.122. The van der Waals surface area contributed by atoms with E-state index in [1.54, 1.807) is 31.4 Å². The van der Waals surface area contributed by atoms with Crippen molar-refractivity contribution in [3.63, 3.8) is 0 Å². The van der Waals surface area contributed by atoms with Crippen LogP contribution in [-0.4, -0.2) is 44.6 Å². The third-order valence-electron chi connectivity index (χ3n) is 4.84. The molecule has 0 atom stereocenters. The maximum absolute atomic E-state index is 12.3. The van der Waals surface area contributed by atoms with Gasteiger partial charge in [-0.2, -0.15) is 0 Å². The van der Waals surface area contributed by atoms with E-state index in [2.05, 4.69) is 28.3 Å². The quantitative estimate of drug-likeness (QED) is 0.581. The van der Waals surface area contributed by atoms with Gasteiger partial charge in [0, 0.05) is 13.1 Å². The Morgan fingerprint density at radius 2 is 1.57 bits per heavy atom. The molecular weight excluding hydrogens is 380 g/mol. The Balaban J connectivity index is 1.50. The minimum atomic E-state index is -0.375. The number of methoxy groups -OCH3 is 2. The Kier molecular flexibility index (Phi) is 7.03. The number of fused-ring (bicyclic) bond motifs is 1. The van der Waals surface area contributed by atoms with Crippen LogP contribution in [0.5, 0.6) is 5.75 Å². The highest BCUT2D eigenvalue weighted by atomic mass is 16.5. The number of nitrogens with one attached hydrogen (secondary N) is 1. The Hall–Kier alpha value is -3.38. The fourth-order valence-corrected chi connectivity index (χ4v) is 3.24. The molecule has 1 amide bonds. The van der Waals surface area contributed by atoms with Crippen molar-refractivity contribution in [2.45, 2.75) is 13.1 Å². The molecule has 1 N–H and O–H groups in total. The number of amides is 1. The summed E-state index contributed by atoms with van der Waals surface area (Å²) in [5.41, 5.74) is 2.55. The minimum Gasteiger partial charge on any atom is -0.497 e. The van der Waals surface area contributed by atoms with E-state index in [1.165, 1.54) is 7.11 Å². The van der Waals surface area contributed by atoms with Crippen molar-refractivity contribution >= 4 is 22.6 Å². The van der Waals surface area contributed by atoms with Gasteiger partial charge in [-0.05, 0) is 59.3 Å². The van der Waals surface area contributed by atoms with Gasteiger partial charge in [-0.3, -0.25) is 9.69 Å². The van der Waals surface area contributed by atoms with Gasteiger partial charge in [0.2, 0.25) is 5.91 Å². The summed E-state index contributed by atoms with van der Waals surface area (Å²) in [4.78, 5) is 25.7. The van der Waals surface area contributed by atoms with Crippen molar-refractivity contribution in [1.29, 1.82) is 0 Å². The number of benzene rings is 3. The van der Waals surface area contributed by atoms with Gasteiger partial charge in [0.15, 0.2) is 0 Å². The molecule has 0 bridgehead atoms. The van der Waals surface area contributed by atoms with Gasteiger partial charge in [-0.25, -0.2) is 4.79 Å². The summed E-state index contributed by atoms with van der Waals surface area (Å²) < 4.78 is 9.95. The van der Waals surface area contributed by atoms with E-state index in [-0.39, 0.29) is 11.9 Å². The number of hydrogen-bond acceptors (Lipinski definition) is 5. The summed E-state index contributed by atoms with van der Waals surface area (Å²) in [6.45, 7) is 1.37. The Morgan fingerprint density at radius 3 is 2.27 bits per heavy atom. The monoisotopic (exact) mass is 406 g/mol. The number of likely N-dealkylation sites (N-methyl/N-ethyl adjacent to an activating group) is 1. The van der Waals surface area contributed by atoms with Gasteiger partial charge < -0.3 is 14.8 Å². The lowest BCUT2D eigenvalue weighted by atomic mass is 10.1. The molecule has 0 unspecified atom stereocenters. The van der Waals surface area contributed by atoms with Crippen LogP contribution in [-0.2, 0) is 22.6 Å². The zero-order valence-electron chi connectivity index (χ0n) is 17.5. The van der Waals surface area contributed by atoms with Crippen molar-refractivity contribution in [3.05, 3.63) is 77.4 Å². The molecule has 0 fully saturated rings. The SMILES string of the molecule is COC(=O)c1ccc(CNC(=O)CN(C)Cc2ccc3cc(OC)ccc3c2)cc1. The van der Waals surface area contributed by atoms with Crippen molar-refractivity contribution in [2.75, 3.05) is 27.8 Å². The predicted octanol–water partition coefficient (Wildman–Crippen LogP) is 3.38. The highest BCUT2D eigenvalue weighted by Gasteiger charge is 2.09. The molecule has 0 aliphatic rings. The van der Waals surface area contributed by atoms with Crippen molar-refractivity contribution < 1.29 is 19.1 Å². The molecule has 0 saturated carbocycles. The van der Waals surface area contributed by atoms with Crippen LogP contribution in [0.3, 0.4) is 0 Å². The average Bonchev–Trinajstić information content (AvgIpc) is 2.77. The van der Waals surface area contributed by atoms with E-state index in [4.69, 9.17) is 4.74 Å². The van der Waals surface area contributed by atoms with Gasteiger partial charge in [-0.15, -0.1) is 0 Å². The largest absolute Gasteiger partial charge is 0.497 e. The topological polar surface area (TPSA) is 67.9 Å². The molecule has 3 aromatic carbocycles. The molecular formula is C24H26N2O4. The maximum Gasteiger partial charge on any atom is 0.337 e. The van der Waals surface area contributed by atoms with E-state index in [0.717, 1.165) is 27.6 Å². The van der Waals surface area contributed by atoms with Crippen molar-refractivity contribution in [2.24, 2.45) is 0 Å². The fraction of sp³-hybridized carbons (Fsp3) is 0.250. The second-order valence-electron chi connectivity index (χ2n) is 7.18. The van der Waals surface area contributed by atoms with Gasteiger partial charge >= 0.3 is 5.97 Å². The molecule has 0 aliphatic carbocycles. The van der Waals surface area contributed by atoms with Gasteiger partial charge in [-0.1, -0.05) is 30.3 Å². The van der Waals surface area contributed by atoms with E-state index in [0.29, 0.717) is 25.2 Å². The van der Waals surface area contributed by atoms with Crippen LogP contribution in [0.15, 0.2) is 60.7 Å². The summed E-state index contributed by atoms with van der Waals surface area (Å²) in [7, 11) is 4.93. The highest BCUT2D eigenvalue weighted by molar-refractivity contribution is 5.89. The van der Waals surface area contributed by atoms with Crippen LogP contribution in [0.25, 0.3) is 10.8 Å². The third kappa shape index (κ3) is 5.58. The van der Waals surface area contributed by atoms with Crippen molar-refractivity contribution in [3.8, 4) is 5.75 Å². The molecule has 0 aromatic heterocycles. The van der Waals surface area contributed by atoms with Gasteiger partial charge in [0.1, 0.15) is 5.75 Å². The molecule has 0 radical (unpaired) electrons. The normalized spacial score (nSPS) is 10.8. The van der Waals surface area contributed by atoms with Crippen LogP contribution < -0.4 is 10.1 Å². The number of esters is 1. The second kappa shape index (κ2) is 9.89. The number of ether oxygens (including phenoxy) is 2. The van der Waals surface area contributed by atoms with Gasteiger partial charge in [0.05, 0.1) is 26.3 Å². The zero-order valence-corrected chi connectivity index (χ0v) is 17.5. The number of carbonyl (C=O) groups is 2. The Labute approximate surface area is 176 Å². The second-order valence-corrected chi connectivity index (χ2v) is 7.18. The summed E-state index contributed by atoms with van der Waals surface area (Å²) in [6, 6.07) is 19.2. The number of rotatable bonds is 8. The van der Waals surface area contributed by atoms with Crippen molar-refractivity contribution in [1.82, 2.24) is 10.2 Å².